The second kappa shape index (κ2) is 5.33. The topological polar surface area (TPSA) is 47.9 Å². The van der Waals surface area contributed by atoms with E-state index in [1.165, 1.54) is 12.1 Å². The summed E-state index contributed by atoms with van der Waals surface area (Å²) in [7, 11) is 0. The molecule has 1 aromatic carbocycles. The van der Waals surface area contributed by atoms with Crippen LogP contribution in [-0.4, -0.2) is 18.6 Å². The number of nitrogens with one attached hydrogen (secondary N) is 2. The van der Waals surface area contributed by atoms with Crippen LogP contribution in [-0.2, 0) is 6.18 Å². The summed E-state index contributed by atoms with van der Waals surface area (Å²) in [5, 5.41) is 15.2. The second-order valence-electron chi connectivity index (χ2n) is 5.31. The fourth-order valence-electron chi connectivity index (χ4n) is 2.41. The fourth-order valence-corrected chi connectivity index (χ4v) is 2.41. The van der Waals surface area contributed by atoms with Gasteiger partial charge in [0, 0.05) is 11.2 Å². The van der Waals surface area contributed by atoms with E-state index in [0.29, 0.717) is 5.69 Å². The van der Waals surface area contributed by atoms with E-state index in [-0.39, 0.29) is 11.1 Å². The predicted molar refractivity (Wildman–Crippen MR) is 70.3 cm³/mol. The summed E-state index contributed by atoms with van der Waals surface area (Å²) in [5.41, 5.74) is -1.05. The first-order valence-corrected chi connectivity index (χ1v) is 6.44. The van der Waals surface area contributed by atoms with E-state index in [4.69, 9.17) is 5.26 Å². The molecule has 0 aliphatic carbocycles. The molecule has 1 aliphatic rings. The molecule has 108 valence electrons. The molecule has 2 rings (SSSR count). The Morgan fingerprint density at radius 1 is 1.30 bits per heavy atom. The monoisotopic (exact) mass is 283 g/mol. The molecule has 20 heavy (non-hydrogen) atoms. The number of piperidine rings is 1. The Balaban J connectivity index is 2.28. The lowest BCUT2D eigenvalue weighted by molar-refractivity contribution is -0.137. The average Bonchev–Trinajstić information content (AvgIpc) is 2.38. The van der Waals surface area contributed by atoms with E-state index >= 15 is 0 Å². The van der Waals surface area contributed by atoms with Gasteiger partial charge in [0.05, 0.1) is 17.2 Å². The molecule has 0 bridgehead atoms. The number of hydrogen-bond donors (Lipinski definition) is 2. The van der Waals surface area contributed by atoms with Crippen molar-refractivity contribution in [3.05, 3.63) is 29.3 Å². The van der Waals surface area contributed by atoms with Gasteiger partial charge in [0.15, 0.2) is 0 Å². The minimum atomic E-state index is -4.52. The Kier molecular flexibility index (Phi) is 3.91. The molecule has 0 atom stereocenters. The van der Waals surface area contributed by atoms with Crippen LogP contribution in [0.3, 0.4) is 0 Å². The van der Waals surface area contributed by atoms with Crippen LogP contribution in [0.4, 0.5) is 18.9 Å². The summed E-state index contributed by atoms with van der Waals surface area (Å²) in [6, 6.07) is 5.35. The molecule has 0 spiro atoms. The summed E-state index contributed by atoms with van der Waals surface area (Å²) >= 11 is 0. The van der Waals surface area contributed by atoms with E-state index < -0.39 is 11.7 Å². The van der Waals surface area contributed by atoms with Gasteiger partial charge in [0.2, 0.25) is 0 Å². The van der Waals surface area contributed by atoms with Crippen molar-refractivity contribution in [1.82, 2.24) is 5.32 Å². The zero-order valence-electron chi connectivity index (χ0n) is 11.1. The summed E-state index contributed by atoms with van der Waals surface area (Å²) in [5.74, 6) is 0. The Bertz CT molecular complexity index is 525. The number of nitrogens with zero attached hydrogens (tertiary/aromatic N) is 1. The number of alkyl halides is 3. The molecule has 0 unspecified atom stereocenters. The third kappa shape index (κ3) is 3.23. The van der Waals surface area contributed by atoms with Crippen molar-refractivity contribution in [2.45, 2.75) is 31.5 Å². The first-order valence-electron chi connectivity index (χ1n) is 6.44. The van der Waals surface area contributed by atoms with Crippen LogP contribution in [0.2, 0.25) is 0 Å². The highest BCUT2D eigenvalue weighted by molar-refractivity contribution is 5.54. The van der Waals surface area contributed by atoms with Gasteiger partial charge in [-0.2, -0.15) is 18.4 Å². The third-order valence-electron chi connectivity index (χ3n) is 3.60. The van der Waals surface area contributed by atoms with Crippen LogP contribution in [0.5, 0.6) is 0 Å². The third-order valence-corrected chi connectivity index (χ3v) is 3.60. The minimum Gasteiger partial charge on any atom is -0.380 e. The van der Waals surface area contributed by atoms with E-state index in [9.17, 15) is 13.2 Å². The van der Waals surface area contributed by atoms with Crippen molar-refractivity contribution in [2.75, 3.05) is 18.4 Å². The molecular weight excluding hydrogens is 267 g/mol. The Morgan fingerprint density at radius 2 is 1.95 bits per heavy atom. The number of halogens is 3. The number of hydrogen-bond acceptors (Lipinski definition) is 3. The normalized spacial score (nSPS) is 18.4. The lowest BCUT2D eigenvalue weighted by Gasteiger charge is -2.36. The highest BCUT2D eigenvalue weighted by atomic mass is 19.4. The SMILES string of the molecule is CC1(Nc2ccc(C#N)c(C(F)(F)F)c2)CCNCC1. The smallest absolute Gasteiger partial charge is 0.380 e. The van der Waals surface area contributed by atoms with Crippen LogP contribution in [0, 0.1) is 11.3 Å². The van der Waals surface area contributed by atoms with Crippen molar-refractivity contribution in [3.8, 4) is 6.07 Å². The Morgan fingerprint density at radius 3 is 2.50 bits per heavy atom. The first-order chi connectivity index (χ1) is 9.34. The molecule has 1 aromatic rings. The van der Waals surface area contributed by atoms with Crippen LogP contribution in [0.25, 0.3) is 0 Å². The van der Waals surface area contributed by atoms with Crippen LogP contribution in [0.15, 0.2) is 18.2 Å². The molecule has 1 saturated heterocycles. The molecular formula is C14H16F3N3. The molecule has 0 amide bonds. The summed E-state index contributed by atoms with van der Waals surface area (Å²) in [6.07, 6.45) is -2.83. The molecule has 0 saturated carbocycles. The number of anilines is 1. The van der Waals surface area contributed by atoms with Crippen molar-refractivity contribution in [3.63, 3.8) is 0 Å². The van der Waals surface area contributed by atoms with Gasteiger partial charge in [-0.3, -0.25) is 0 Å². The second-order valence-corrected chi connectivity index (χ2v) is 5.31. The summed E-state index contributed by atoms with van der Waals surface area (Å²) < 4.78 is 38.7. The van der Waals surface area contributed by atoms with Gasteiger partial charge in [-0.25, -0.2) is 0 Å². The molecule has 0 aromatic heterocycles. The largest absolute Gasteiger partial charge is 0.417 e. The van der Waals surface area contributed by atoms with Gasteiger partial charge in [-0.1, -0.05) is 0 Å². The van der Waals surface area contributed by atoms with E-state index in [2.05, 4.69) is 10.6 Å². The van der Waals surface area contributed by atoms with Gasteiger partial charge in [-0.05, 0) is 51.1 Å². The standard InChI is InChI=1S/C14H16F3N3/c1-13(4-6-19-7-5-13)20-11-3-2-10(9-18)12(8-11)14(15,16)17/h2-3,8,19-20H,4-7H2,1H3. The molecule has 3 nitrogen and oxygen atoms in total. The van der Waals surface area contributed by atoms with Crippen molar-refractivity contribution < 1.29 is 13.2 Å². The van der Waals surface area contributed by atoms with E-state index in [1.807, 2.05) is 6.92 Å². The Labute approximate surface area is 115 Å². The lowest BCUT2D eigenvalue weighted by atomic mass is 9.90. The average molecular weight is 283 g/mol. The fraction of sp³-hybridized carbons (Fsp3) is 0.500. The van der Waals surface area contributed by atoms with Crippen LogP contribution < -0.4 is 10.6 Å². The molecule has 1 aliphatic heterocycles. The molecule has 0 radical (unpaired) electrons. The highest BCUT2D eigenvalue weighted by Crippen LogP contribution is 2.34. The van der Waals surface area contributed by atoms with E-state index in [0.717, 1.165) is 32.0 Å². The molecule has 1 fully saturated rings. The van der Waals surface area contributed by atoms with Crippen LogP contribution >= 0.6 is 0 Å². The first kappa shape index (κ1) is 14.7. The van der Waals surface area contributed by atoms with E-state index in [1.54, 1.807) is 6.07 Å². The number of nitriles is 1. The molecule has 6 heteroatoms. The van der Waals surface area contributed by atoms with Crippen LogP contribution in [0.1, 0.15) is 30.9 Å². The number of rotatable bonds is 2. The maximum absolute atomic E-state index is 12.9. The maximum atomic E-state index is 12.9. The summed E-state index contributed by atoms with van der Waals surface area (Å²) in [6.45, 7) is 3.68. The van der Waals surface area contributed by atoms with Crippen molar-refractivity contribution >= 4 is 5.69 Å². The van der Waals surface area contributed by atoms with Gasteiger partial charge < -0.3 is 10.6 Å². The van der Waals surface area contributed by atoms with Gasteiger partial charge in [-0.15, -0.1) is 0 Å². The maximum Gasteiger partial charge on any atom is 0.417 e. The zero-order valence-corrected chi connectivity index (χ0v) is 11.1. The zero-order chi connectivity index (χ0) is 14.8. The van der Waals surface area contributed by atoms with Gasteiger partial charge >= 0.3 is 6.18 Å². The Hall–Kier alpha value is -1.74. The minimum absolute atomic E-state index is 0.220. The van der Waals surface area contributed by atoms with Crippen molar-refractivity contribution in [2.24, 2.45) is 0 Å². The molecule has 2 N–H and O–H groups in total. The van der Waals surface area contributed by atoms with Crippen molar-refractivity contribution in [1.29, 1.82) is 5.26 Å². The highest BCUT2D eigenvalue weighted by Gasteiger charge is 2.34. The van der Waals surface area contributed by atoms with Gasteiger partial charge in [0.1, 0.15) is 0 Å². The summed E-state index contributed by atoms with van der Waals surface area (Å²) in [4.78, 5) is 0. The molecule has 1 heterocycles. The quantitative estimate of drug-likeness (QED) is 0.876. The number of benzene rings is 1. The predicted octanol–water partition coefficient (Wildman–Crippen LogP) is 3.13. The van der Waals surface area contributed by atoms with Gasteiger partial charge in [0.25, 0.3) is 0 Å². The lowest BCUT2D eigenvalue weighted by Crippen LogP contribution is -2.45.